The molecule has 0 unspecified atom stereocenters. The quantitative estimate of drug-likeness (QED) is 0.738. The molecule has 6 heteroatoms. The maximum Gasteiger partial charge on any atom is 0.162 e. The highest BCUT2D eigenvalue weighted by Crippen LogP contribution is 2.34. The Balaban J connectivity index is 1.94. The molecule has 122 valence electrons. The Hall–Kier alpha value is -2.76. The third-order valence-electron chi connectivity index (χ3n) is 4.37. The van der Waals surface area contributed by atoms with Crippen LogP contribution in [0.2, 0.25) is 0 Å². The van der Waals surface area contributed by atoms with Gasteiger partial charge in [-0.05, 0) is 31.4 Å². The molecule has 1 aliphatic heterocycles. The van der Waals surface area contributed by atoms with E-state index in [4.69, 9.17) is 14.7 Å². The topological polar surface area (TPSA) is 64.0 Å². The minimum Gasteiger partial charge on any atom is -0.494 e. The smallest absolute Gasteiger partial charge is 0.162 e. The fraction of sp³-hybridized carbons (Fsp3) is 0.333. The molecule has 0 saturated carbocycles. The van der Waals surface area contributed by atoms with Gasteiger partial charge in [-0.2, -0.15) is 0 Å². The number of rotatable bonds is 3. The Morgan fingerprint density at radius 3 is 2.50 bits per heavy atom. The summed E-state index contributed by atoms with van der Waals surface area (Å²) >= 11 is 0. The number of ether oxygens (including phenoxy) is 1. The highest BCUT2D eigenvalue weighted by molar-refractivity contribution is 5.95. The number of pyridine rings is 2. The second kappa shape index (κ2) is 6.39. The van der Waals surface area contributed by atoms with Gasteiger partial charge < -0.3 is 9.64 Å². The predicted octanol–water partition coefficient (Wildman–Crippen LogP) is 3.09. The molecule has 0 N–H and O–H groups in total. The Labute approximate surface area is 140 Å². The van der Waals surface area contributed by atoms with Gasteiger partial charge in [-0.3, -0.25) is 9.97 Å². The number of nitrogens with zero attached hydrogens (tertiary/aromatic N) is 5. The van der Waals surface area contributed by atoms with Gasteiger partial charge >= 0.3 is 0 Å². The van der Waals surface area contributed by atoms with Crippen LogP contribution in [0.1, 0.15) is 19.3 Å². The van der Waals surface area contributed by atoms with E-state index < -0.39 is 0 Å². The van der Waals surface area contributed by atoms with Crippen molar-refractivity contribution < 1.29 is 4.74 Å². The molecular formula is C18H19N5O. The zero-order valence-corrected chi connectivity index (χ0v) is 13.6. The van der Waals surface area contributed by atoms with Gasteiger partial charge in [-0.15, -0.1) is 0 Å². The van der Waals surface area contributed by atoms with Crippen LogP contribution >= 0.6 is 0 Å². The molecule has 0 amide bonds. The average molecular weight is 321 g/mol. The summed E-state index contributed by atoms with van der Waals surface area (Å²) < 4.78 is 5.53. The van der Waals surface area contributed by atoms with Crippen LogP contribution < -0.4 is 9.64 Å². The molecule has 4 rings (SSSR count). The second-order valence-electron chi connectivity index (χ2n) is 5.89. The number of hydrogen-bond acceptors (Lipinski definition) is 6. The van der Waals surface area contributed by atoms with Crippen LogP contribution in [0.5, 0.6) is 5.75 Å². The fourth-order valence-corrected chi connectivity index (χ4v) is 3.16. The molecule has 6 nitrogen and oxygen atoms in total. The highest BCUT2D eigenvalue weighted by Gasteiger charge is 2.20. The van der Waals surface area contributed by atoms with E-state index in [1.165, 1.54) is 19.3 Å². The van der Waals surface area contributed by atoms with Crippen molar-refractivity contribution >= 4 is 16.7 Å². The van der Waals surface area contributed by atoms with Crippen molar-refractivity contribution in [2.75, 3.05) is 25.1 Å². The summed E-state index contributed by atoms with van der Waals surface area (Å²) in [6, 6.07) is 3.85. The molecule has 0 aromatic carbocycles. The molecule has 3 aromatic rings. The molecule has 4 heterocycles. The minimum atomic E-state index is 0.695. The Morgan fingerprint density at radius 2 is 1.75 bits per heavy atom. The number of methoxy groups -OCH3 is 1. The summed E-state index contributed by atoms with van der Waals surface area (Å²) in [7, 11) is 1.66. The standard InChI is InChI=1S/C18H19N5O/c1-24-15-12-20-11-14-16(15)18(23-9-3-2-4-10-23)22-17(21-14)13-5-7-19-8-6-13/h5-8,11-12H,2-4,9-10H2,1H3. The number of anilines is 1. The van der Waals surface area contributed by atoms with E-state index in [0.717, 1.165) is 35.4 Å². The van der Waals surface area contributed by atoms with E-state index >= 15 is 0 Å². The molecule has 1 aliphatic rings. The number of piperidine rings is 1. The van der Waals surface area contributed by atoms with E-state index in [1.807, 2.05) is 12.1 Å². The zero-order chi connectivity index (χ0) is 16.4. The molecule has 1 fully saturated rings. The Kier molecular flexibility index (Phi) is 3.94. The van der Waals surface area contributed by atoms with Crippen LogP contribution in [0, 0.1) is 0 Å². The van der Waals surface area contributed by atoms with Gasteiger partial charge in [-0.1, -0.05) is 0 Å². The Bertz CT molecular complexity index is 847. The van der Waals surface area contributed by atoms with Gasteiger partial charge in [0.1, 0.15) is 11.6 Å². The van der Waals surface area contributed by atoms with Crippen LogP contribution in [0.4, 0.5) is 5.82 Å². The normalized spacial score (nSPS) is 14.8. The molecule has 1 saturated heterocycles. The van der Waals surface area contributed by atoms with Gasteiger partial charge in [0.25, 0.3) is 0 Å². The lowest BCUT2D eigenvalue weighted by molar-refractivity contribution is 0.417. The SMILES string of the molecule is COc1cncc2nc(-c3ccncc3)nc(N3CCCCC3)c12. The van der Waals surface area contributed by atoms with Crippen LogP contribution in [-0.2, 0) is 0 Å². The minimum absolute atomic E-state index is 0.695. The van der Waals surface area contributed by atoms with Crippen LogP contribution in [-0.4, -0.2) is 40.1 Å². The van der Waals surface area contributed by atoms with Crippen molar-refractivity contribution in [2.45, 2.75) is 19.3 Å². The third kappa shape index (κ3) is 2.64. The van der Waals surface area contributed by atoms with Crippen LogP contribution in [0.3, 0.4) is 0 Å². The van der Waals surface area contributed by atoms with Gasteiger partial charge in [0.15, 0.2) is 5.82 Å². The van der Waals surface area contributed by atoms with Crippen molar-refractivity contribution in [3.63, 3.8) is 0 Å². The number of hydrogen-bond donors (Lipinski definition) is 0. The first kappa shape index (κ1) is 14.8. The molecule has 0 atom stereocenters. The predicted molar refractivity (Wildman–Crippen MR) is 93.2 cm³/mol. The summed E-state index contributed by atoms with van der Waals surface area (Å²) in [6.45, 7) is 2.01. The Morgan fingerprint density at radius 1 is 0.958 bits per heavy atom. The van der Waals surface area contributed by atoms with Crippen LogP contribution in [0.15, 0.2) is 36.9 Å². The molecule has 24 heavy (non-hydrogen) atoms. The van der Waals surface area contributed by atoms with E-state index in [9.17, 15) is 0 Å². The van der Waals surface area contributed by atoms with E-state index in [1.54, 1.807) is 31.9 Å². The van der Waals surface area contributed by atoms with Gasteiger partial charge in [0, 0.05) is 31.0 Å². The summed E-state index contributed by atoms with van der Waals surface area (Å²) in [6.07, 6.45) is 10.7. The first-order valence-electron chi connectivity index (χ1n) is 8.22. The average Bonchev–Trinajstić information content (AvgIpc) is 2.68. The molecule has 0 aliphatic carbocycles. The molecule has 3 aromatic heterocycles. The molecule has 0 spiro atoms. The van der Waals surface area contributed by atoms with Crippen molar-refractivity contribution in [3.05, 3.63) is 36.9 Å². The monoisotopic (exact) mass is 321 g/mol. The van der Waals surface area contributed by atoms with Crippen molar-refractivity contribution in [2.24, 2.45) is 0 Å². The van der Waals surface area contributed by atoms with E-state index in [2.05, 4.69) is 14.9 Å². The maximum absolute atomic E-state index is 5.53. The number of aromatic nitrogens is 4. The van der Waals surface area contributed by atoms with Gasteiger partial charge in [0.05, 0.1) is 30.4 Å². The second-order valence-corrected chi connectivity index (χ2v) is 5.89. The lowest BCUT2D eigenvalue weighted by atomic mass is 10.1. The summed E-state index contributed by atoms with van der Waals surface area (Å²) in [5.74, 6) is 2.35. The number of fused-ring (bicyclic) bond motifs is 1. The maximum atomic E-state index is 5.53. The van der Waals surface area contributed by atoms with Crippen molar-refractivity contribution in [3.8, 4) is 17.1 Å². The fourth-order valence-electron chi connectivity index (χ4n) is 3.16. The lowest BCUT2D eigenvalue weighted by Gasteiger charge is -2.29. The molecular weight excluding hydrogens is 302 g/mol. The first-order valence-corrected chi connectivity index (χ1v) is 8.22. The van der Waals surface area contributed by atoms with E-state index in [-0.39, 0.29) is 0 Å². The van der Waals surface area contributed by atoms with Crippen molar-refractivity contribution in [1.29, 1.82) is 0 Å². The lowest BCUT2D eigenvalue weighted by Crippen LogP contribution is -2.30. The highest BCUT2D eigenvalue weighted by atomic mass is 16.5. The van der Waals surface area contributed by atoms with E-state index in [0.29, 0.717) is 11.6 Å². The third-order valence-corrected chi connectivity index (χ3v) is 4.37. The summed E-state index contributed by atoms with van der Waals surface area (Å²) in [4.78, 5) is 20.3. The van der Waals surface area contributed by atoms with Crippen molar-refractivity contribution in [1.82, 2.24) is 19.9 Å². The van der Waals surface area contributed by atoms with Gasteiger partial charge in [-0.25, -0.2) is 9.97 Å². The van der Waals surface area contributed by atoms with Gasteiger partial charge in [0.2, 0.25) is 0 Å². The van der Waals surface area contributed by atoms with Crippen LogP contribution in [0.25, 0.3) is 22.3 Å². The summed E-state index contributed by atoms with van der Waals surface area (Å²) in [5.41, 5.74) is 1.75. The molecule has 0 bridgehead atoms. The zero-order valence-electron chi connectivity index (χ0n) is 13.6. The molecule has 0 radical (unpaired) electrons. The first-order chi connectivity index (χ1) is 11.9. The largest absolute Gasteiger partial charge is 0.494 e. The summed E-state index contributed by atoms with van der Waals surface area (Å²) in [5, 5.41) is 0.937.